The van der Waals surface area contributed by atoms with Crippen LogP contribution in [0, 0.1) is 5.92 Å². The molecule has 1 aromatic heterocycles. The van der Waals surface area contributed by atoms with Crippen LogP contribution in [0.2, 0.25) is 0 Å². The van der Waals surface area contributed by atoms with Gasteiger partial charge in [0.05, 0.1) is 25.0 Å². The van der Waals surface area contributed by atoms with Gasteiger partial charge in [-0.15, -0.1) is 0 Å². The predicted molar refractivity (Wildman–Crippen MR) is 101 cm³/mol. The molecule has 2 aromatic rings. The number of aliphatic hydroxyl groups excluding tert-OH is 1. The summed E-state index contributed by atoms with van der Waals surface area (Å²) in [6, 6.07) is 12.3. The van der Waals surface area contributed by atoms with Crippen LogP contribution in [0.5, 0.6) is 5.75 Å². The molecule has 25 heavy (non-hydrogen) atoms. The highest BCUT2D eigenvalue weighted by Crippen LogP contribution is 2.28. The van der Waals surface area contributed by atoms with Gasteiger partial charge in [-0.25, -0.2) is 4.98 Å². The minimum absolute atomic E-state index is 0.106. The molecule has 0 amide bonds. The molecule has 1 saturated heterocycles. The smallest absolute Gasteiger partial charge is 0.126 e. The van der Waals surface area contributed by atoms with Crippen molar-refractivity contribution in [1.29, 1.82) is 0 Å². The molecule has 1 aliphatic rings. The van der Waals surface area contributed by atoms with Crippen molar-refractivity contribution in [1.82, 2.24) is 4.98 Å². The summed E-state index contributed by atoms with van der Waals surface area (Å²) in [7, 11) is 1.69. The number of piperidine rings is 1. The van der Waals surface area contributed by atoms with E-state index >= 15 is 0 Å². The van der Waals surface area contributed by atoms with Crippen LogP contribution in [0.1, 0.15) is 31.4 Å². The molecular formula is C20H27N3O2. The van der Waals surface area contributed by atoms with E-state index < -0.39 is 0 Å². The highest BCUT2D eigenvalue weighted by Gasteiger charge is 2.19. The first kappa shape index (κ1) is 17.5. The number of para-hydroxylation sites is 1. The summed E-state index contributed by atoms with van der Waals surface area (Å²) in [5, 5.41) is 12.7. The number of hydrogen-bond donors (Lipinski definition) is 2. The topological polar surface area (TPSA) is 57.6 Å². The Labute approximate surface area is 149 Å². The molecule has 1 aromatic carbocycles. The quantitative estimate of drug-likeness (QED) is 0.842. The number of anilines is 2. The first-order valence-corrected chi connectivity index (χ1v) is 8.92. The average molecular weight is 341 g/mol. The van der Waals surface area contributed by atoms with Crippen molar-refractivity contribution >= 4 is 11.5 Å². The third-order valence-corrected chi connectivity index (χ3v) is 4.96. The number of hydrogen-bond acceptors (Lipinski definition) is 5. The maximum atomic E-state index is 9.25. The van der Waals surface area contributed by atoms with Crippen molar-refractivity contribution in [2.45, 2.75) is 25.8 Å². The van der Waals surface area contributed by atoms with Gasteiger partial charge in [0.1, 0.15) is 11.6 Å². The maximum Gasteiger partial charge on any atom is 0.126 e. The summed E-state index contributed by atoms with van der Waals surface area (Å²) >= 11 is 0. The molecule has 0 radical (unpaired) electrons. The van der Waals surface area contributed by atoms with E-state index in [-0.39, 0.29) is 6.04 Å². The molecule has 1 fully saturated rings. The minimum Gasteiger partial charge on any atom is -0.496 e. The van der Waals surface area contributed by atoms with E-state index in [1.807, 2.05) is 30.5 Å². The molecule has 5 nitrogen and oxygen atoms in total. The van der Waals surface area contributed by atoms with Gasteiger partial charge >= 0.3 is 0 Å². The molecule has 134 valence electrons. The molecule has 0 unspecified atom stereocenters. The van der Waals surface area contributed by atoms with E-state index in [1.165, 1.54) is 0 Å². The Morgan fingerprint density at radius 3 is 2.64 bits per heavy atom. The normalized spacial score (nSPS) is 16.5. The Kier molecular flexibility index (Phi) is 5.76. The number of ether oxygens (including phenoxy) is 1. The third-order valence-electron chi connectivity index (χ3n) is 4.96. The highest BCUT2D eigenvalue weighted by molar-refractivity contribution is 5.51. The second-order valence-electron chi connectivity index (χ2n) is 6.62. The van der Waals surface area contributed by atoms with Gasteiger partial charge in [-0.05, 0) is 43.9 Å². The van der Waals surface area contributed by atoms with E-state index in [2.05, 4.69) is 34.3 Å². The fourth-order valence-electron chi connectivity index (χ4n) is 3.36. The Hall–Kier alpha value is -2.27. The van der Waals surface area contributed by atoms with E-state index in [9.17, 15) is 5.11 Å². The zero-order chi connectivity index (χ0) is 17.6. The Bertz CT molecular complexity index is 667. The standard InChI is InChI=1S/C20H27N3O2/c1-15(18-5-3-4-6-19(18)25-2)22-20-8-7-17(13-21-20)23-11-9-16(14-24)10-12-23/h3-8,13,15-16,24H,9-12,14H2,1-2H3,(H,21,22)/t15-/m1/s1. The number of pyridine rings is 1. The summed E-state index contributed by atoms with van der Waals surface area (Å²) in [5.41, 5.74) is 2.26. The van der Waals surface area contributed by atoms with E-state index in [4.69, 9.17) is 4.74 Å². The summed E-state index contributed by atoms with van der Waals surface area (Å²) in [6.07, 6.45) is 4.01. The summed E-state index contributed by atoms with van der Waals surface area (Å²) < 4.78 is 5.44. The van der Waals surface area contributed by atoms with Gasteiger partial charge in [-0.1, -0.05) is 18.2 Å². The van der Waals surface area contributed by atoms with Crippen molar-refractivity contribution in [3.63, 3.8) is 0 Å². The zero-order valence-electron chi connectivity index (χ0n) is 15.0. The number of rotatable bonds is 6. The van der Waals surface area contributed by atoms with Gasteiger partial charge in [-0.2, -0.15) is 0 Å². The number of aromatic nitrogens is 1. The van der Waals surface area contributed by atoms with Gasteiger partial charge < -0.3 is 20.1 Å². The van der Waals surface area contributed by atoms with E-state index in [0.29, 0.717) is 12.5 Å². The monoisotopic (exact) mass is 341 g/mol. The molecule has 2 heterocycles. The molecule has 5 heteroatoms. The maximum absolute atomic E-state index is 9.25. The molecular weight excluding hydrogens is 314 g/mol. The van der Waals surface area contributed by atoms with Gasteiger partial charge in [-0.3, -0.25) is 0 Å². The lowest BCUT2D eigenvalue weighted by Crippen LogP contribution is -2.34. The second-order valence-corrected chi connectivity index (χ2v) is 6.62. The first-order valence-electron chi connectivity index (χ1n) is 8.92. The molecule has 1 atom stereocenters. The molecule has 0 bridgehead atoms. The fourth-order valence-corrected chi connectivity index (χ4v) is 3.36. The SMILES string of the molecule is COc1ccccc1[C@@H](C)Nc1ccc(N2CCC(CO)CC2)cn1. The van der Waals surface area contributed by atoms with E-state index in [1.54, 1.807) is 7.11 Å². The van der Waals surface area contributed by atoms with Crippen LogP contribution in [-0.4, -0.2) is 36.9 Å². The van der Waals surface area contributed by atoms with Crippen LogP contribution in [0.3, 0.4) is 0 Å². The van der Waals surface area contributed by atoms with Crippen molar-refractivity contribution < 1.29 is 9.84 Å². The number of benzene rings is 1. The van der Waals surface area contributed by atoms with Gasteiger partial charge in [0.15, 0.2) is 0 Å². The Morgan fingerprint density at radius 2 is 2.00 bits per heavy atom. The van der Waals surface area contributed by atoms with Crippen molar-refractivity contribution in [2.75, 3.05) is 37.0 Å². The number of aliphatic hydroxyl groups is 1. The summed E-state index contributed by atoms with van der Waals surface area (Å²) in [5.74, 6) is 2.19. The summed E-state index contributed by atoms with van der Waals surface area (Å²) in [4.78, 5) is 6.91. The van der Waals surface area contributed by atoms with Gasteiger partial charge in [0.25, 0.3) is 0 Å². The number of nitrogens with one attached hydrogen (secondary N) is 1. The largest absolute Gasteiger partial charge is 0.496 e. The minimum atomic E-state index is 0.106. The number of nitrogens with zero attached hydrogens (tertiary/aromatic N) is 2. The van der Waals surface area contributed by atoms with Crippen LogP contribution in [0.15, 0.2) is 42.6 Å². The van der Waals surface area contributed by atoms with E-state index in [0.717, 1.165) is 48.7 Å². The van der Waals surface area contributed by atoms with Crippen molar-refractivity contribution in [3.8, 4) is 5.75 Å². The van der Waals surface area contributed by atoms with Gasteiger partial charge in [0, 0.05) is 25.3 Å². The van der Waals surface area contributed by atoms with Crippen LogP contribution in [-0.2, 0) is 0 Å². The van der Waals surface area contributed by atoms with Crippen LogP contribution < -0.4 is 15.0 Å². The van der Waals surface area contributed by atoms with Crippen LogP contribution in [0.25, 0.3) is 0 Å². The second kappa shape index (κ2) is 8.21. The van der Waals surface area contributed by atoms with Crippen molar-refractivity contribution in [3.05, 3.63) is 48.2 Å². The Balaban J connectivity index is 1.63. The molecule has 0 spiro atoms. The predicted octanol–water partition coefficient (Wildman–Crippen LogP) is 3.47. The molecule has 3 rings (SSSR count). The molecule has 0 saturated carbocycles. The average Bonchev–Trinajstić information content (AvgIpc) is 2.68. The van der Waals surface area contributed by atoms with Crippen molar-refractivity contribution in [2.24, 2.45) is 5.92 Å². The molecule has 1 aliphatic heterocycles. The molecule has 2 N–H and O–H groups in total. The third kappa shape index (κ3) is 4.23. The Morgan fingerprint density at radius 1 is 1.24 bits per heavy atom. The highest BCUT2D eigenvalue weighted by atomic mass is 16.5. The first-order chi connectivity index (χ1) is 12.2. The molecule has 0 aliphatic carbocycles. The van der Waals surface area contributed by atoms with Crippen LogP contribution in [0.4, 0.5) is 11.5 Å². The van der Waals surface area contributed by atoms with Gasteiger partial charge in [0.2, 0.25) is 0 Å². The van der Waals surface area contributed by atoms with Crippen LogP contribution >= 0.6 is 0 Å². The number of methoxy groups -OCH3 is 1. The zero-order valence-corrected chi connectivity index (χ0v) is 15.0. The lowest BCUT2D eigenvalue weighted by Gasteiger charge is -2.32. The lowest BCUT2D eigenvalue weighted by atomic mass is 9.98. The summed E-state index contributed by atoms with van der Waals surface area (Å²) in [6.45, 7) is 4.37. The lowest BCUT2D eigenvalue weighted by molar-refractivity contribution is 0.203. The fraction of sp³-hybridized carbons (Fsp3) is 0.450.